The molecular formula is C11H17N3O. The maximum absolute atomic E-state index is 11.4. The minimum absolute atomic E-state index is 0.220. The third kappa shape index (κ3) is 4.08. The average Bonchev–Trinajstić information content (AvgIpc) is 2.61. The van der Waals surface area contributed by atoms with Gasteiger partial charge in [0.1, 0.15) is 5.78 Å². The smallest absolute Gasteiger partial charge is 0.147 e. The summed E-state index contributed by atoms with van der Waals surface area (Å²) in [7, 11) is 1.88. The molecule has 0 aromatic carbocycles. The van der Waals surface area contributed by atoms with Crippen molar-refractivity contribution < 1.29 is 4.79 Å². The topological polar surface area (TPSA) is 46.9 Å². The summed E-state index contributed by atoms with van der Waals surface area (Å²) in [6.45, 7) is 4.67. The molecule has 1 N–H and O–H groups in total. The largest absolute Gasteiger partial charge is 0.307 e. The summed E-state index contributed by atoms with van der Waals surface area (Å²) in [6.07, 6.45) is 4.80. The van der Waals surface area contributed by atoms with E-state index < -0.39 is 0 Å². The van der Waals surface area contributed by atoms with Crippen LogP contribution in [0, 0.1) is 0 Å². The summed E-state index contributed by atoms with van der Waals surface area (Å²) < 4.78 is 1.80. The number of nitrogens with one attached hydrogen (secondary N) is 1. The van der Waals surface area contributed by atoms with Gasteiger partial charge < -0.3 is 5.32 Å². The van der Waals surface area contributed by atoms with Gasteiger partial charge >= 0.3 is 0 Å². The van der Waals surface area contributed by atoms with Gasteiger partial charge in [-0.15, -0.1) is 6.58 Å². The zero-order valence-corrected chi connectivity index (χ0v) is 9.07. The molecule has 0 saturated carbocycles. The molecule has 4 heteroatoms. The van der Waals surface area contributed by atoms with E-state index in [1.165, 1.54) is 0 Å². The van der Waals surface area contributed by atoms with E-state index in [4.69, 9.17) is 0 Å². The Kier molecular flexibility index (Phi) is 4.77. The number of carbonyl (C=O) groups excluding carboxylic acids is 1. The zero-order chi connectivity index (χ0) is 11.1. The van der Waals surface area contributed by atoms with Gasteiger partial charge in [-0.3, -0.25) is 9.48 Å². The lowest BCUT2D eigenvalue weighted by Crippen LogP contribution is -2.23. The van der Waals surface area contributed by atoms with Gasteiger partial charge in [-0.2, -0.15) is 5.10 Å². The van der Waals surface area contributed by atoms with Gasteiger partial charge in [0.25, 0.3) is 0 Å². The van der Waals surface area contributed by atoms with Crippen LogP contribution in [0.5, 0.6) is 0 Å². The highest BCUT2D eigenvalue weighted by Gasteiger charge is 2.03. The molecule has 0 fully saturated rings. The van der Waals surface area contributed by atoms with Gasteiger partial charge in [-0.1, -0.05) is 6.08 Å². The number of Topliss-reactive ketones (excluding diaryl/α,β-unsaturated/α-hetero) is 1. The quantitative estimate of drug-likeness (QED) is 0.529. The molecule has 1 aromatic heterocycles. The second kappa shape index (κ2) is 6.14. The molecule has 1 aromatic rings. The second-order valence-electron chi connectivity index (χ2n) is 3.40. The zero-order valence-electron chi connectivity index (χ0n) is 9.07. The van der Waals surface area contributed by atoms with Crippen molar-refractivity contribution in [3.05, 3.63) is 30.6 Å². The van der Waals surface area contributed by atoms with E-state index in [-0.39, 0.29) is 5.78 Å². The van der Waals surface area contributed by atoms with Gasteiger partial charge in [-0.05, 0) is 12.5 Å². The van der Waals surface area contributed by atoms with Crippen molar-refractivity contribution in [1.29, 1.82) is 0 Å². The molecule has 0 saturated heterocycles. The summed E-state index contributed by atoms with van der Waals surface area (Å²) >= 11 is 0. The normalized spacial score (nSPS) is 10.2. The van der Waals surface area contributed by atoms with Crippen LogP contribution in [-0.4, -0.2) is 28.7 Å². The van der Waals surface area contributed by atoms with Gasteiger partial charge in [0.05, 0.1) is 6.54 Å². The van der Waals surface area contributed by atoms with Crippen LogP contribution in [0.4, 0.5) is 0 Å². The van der Waals surface area contributed by atoms with Crippen LogP contribution < -0.4 is 5.32 Å². The summed E-state index contributed by atoms with van der Waals surface area (Å²) in [6, 6.07) is 1.93. The lowest BCUT2D eigenvalue weighted by atomic mass is 10.2. The van der Waals surface area contributed by atoms with Crippen molar-refractivity contribution in [2.75, 3.05) is 13.1 Å². The molecule has 0 atom stereocenters. The Balaban J connectivity index is 2.22. The highest BCUT2D eigenvalue weighted by molar-refractivity contribution is 5.80. The van der Waals surface area contributed by atoms with E-state index in [1.54, 1.807) is 17.0 Å². The number of hydrogen-bond donors (Lipinski definition) is 1. The first-order valence-electron chi connectivity index (χ1n) is 5.04. The van der Waals surface area contributed by atoms with E-state index in [9.17, 15) is 4.79 Å². The molecule has 0 amide bonds. The molecule has 4 nitrogen and oxygen atoms in total. The molecule has 1 rings (SSSR count). The number of nitrogens with zero attached hydrogens (tertiary/aromatic N) is 2. The molecule has 0 bridgehead atoms. The molecule has 0 aliphatic carbocycles. The van der Waals surface area contributed by atoms with Crippen molar-refractivity contribution in [3.8, 4) is 0 Å². The monoisotopic (exact) mass is 207 g/mol. The second-order valence-corrected chi connectivity index (χ2v) is 3.40. The predicted molar refractivity (Wildman–Crippen MR) is 59.6 cm³/mol. The van der Waals surface area contributed by atoms with E-state index in [0.717, 1.165) is 12.1 Å². The lowest BCUT2D eigenvalue weighted by molar-refractivity contribution is -0.118. The SMILES string of the molecule is C=CCNCC(=O)CCc1ccnn1C. The standard InChI is InChI=1S/C11H17N3O/c1-3-7-12-9-11(15)5-4-10-6-8-13-14(10)2/h3,6,8,12H,1,4-5,7,9H2,2H3. The Labute approximate surface area is 90.0 Å². The van der Waals surface area contributed by atoms with Crippen LogP contribution in [-0.2, 0) is 18.3 Å². The molecule has 82 valence electrons. The van der Waals surface area contributed by atoms with E-state index in [0.29, 0.717) is 19.5 Å². The maximum atomic E-state index is 11.4. The molecule has 0 spiro atoms. The summed E-state index contributed by atoms with van der Waals surface area (Å²) in [4.78, 5) is 11.4. The number of ketones is 1. The minimum atomic E-state index is 0.220. The minimum Gasteiger partial charge on any atom is -0.307 e. The first-order valence-corrected chi connectivity index (χ1v) is 5.04. The lowest BCUT2D eigenvalue weighted by Gasteiger charge is -2.02. The average molecular weight is 207 g/mol. The molecular weight excluding hydrogens is 190 g/mol. The third-order valence-electron chi connectivity index (χ3n) is 2.19. The predicted octanol–water partition coefficient (Wildman–Crippen LogP) is 0.697. The van der Waals surface area contributed by atoms with Crippen LogP contribution in [0.25, 0.3) is 0 Å². The Morgan fingerprint density at radius 1 is 1.73 bits per heavy atom. The molecule has 1 heterocycles. The van der Waals surface area contributed by atoms with Crippen molar-refractivity contribution in [3.63, 3.8) is 0 Å². The van der Waals surface area contributed by atoms with Crippen LogP contribution in [0.2, 0.25) is 0 Å². The highest BCUT2D eigenvalue weighted by atomic mass is 16.1. The van der Waals surface area contributed by atoms with E-state index >= 15 is 0 Å². The van der Waals surface area contributed by atoms with Crippen molar-refractivity contribution >= 4 is 5.78 Å². The van der Waals surface area contributed by atoms with Gasteiger partial charge in [0.2, 0.25) is 0 Å². The molecule has 0 radical (unpaired) electrons. The van der Waals surface area contributed by atoms with Crippen LogP contribution >= 0.6 is 0 Å². The van der Waals surface area contributed by atoms with Gasteiger partial charge in [0.15, 0.2) is 0 Å². The maximum Gasteiger partial charge on any atom is 0.147 e. The third-order valence-corrected chi connectivity index (χ3v) is 2.19. The Hall–Kier alpha value is -1.42. The number of carbonyl (C=O) groups is 1. The van der Waals surface area contributed by atoms with Crippen molar-refractivity contribution in [2.24, 2.45) is 7.05 Å². The summed E-state index contributed by atoms with van der Waals surface area (Å²) in [5, 5.41) is 7.04. The Morgan fingerprint density at radius 3 is 3.13 bits per heavy atom. The van der Waals surface area contributed by atoms with Crippen LogP contribution in [0.3, 0.4) is 0 Å². The fourth-order valence-corrected chi connectivity index (χ4v) is 1.32. The molecule has 0 aliphatic rings. The molecule has 0 aliphatic heterocycles. The number of aromatic nitrogens is 2. The fourth-order valence-electron chi connectivity index (χ4n) is 1.32. The molecule has 15 heavy (non-hydrogen) atoms. The van der Waals surface area contributed by atoms with Crippen LogP contribution in [0.15, 0.2) is 24.9 Å². The summed E-state index contributed by atoms with van der Waals surface area (Å²) in [5.41, 5.74) is 1.09. The first-order chi connectivity index (χ1) is 7.24. The molecule has 0 unspecified atom stereocenters. The van der Waals surface area contributed by atoms with E-state index in [1.807, 2.05) is 13.1 Å². The van der Waals surface area contributed by atoms with Gasteiger partial charge in [-0.25, -0.2) is 0 Å². The number of aryl methyl sites for hydroxylation is 2. The number of rotatable bonds is 7. The highest BCUT2D eigenvalue weighted by Crippen LogP contribution is 2.00. The van der Waals surface area contributed by atoms with Crippen molar-refractivity contribution in [1.82, 2.24) is 15.1 Å². The van der Waals surface area contributed by atoms with E-state index in [2.05, 4.69) is 17.0 Å². The Bertz CT molecular complexity index is 330. The summed E-state index contributed by atoms with van der Waals surface area (Å²) in [5.74, 6) is 0.220. The fraction of sp³-hybridized carbons (Fsp3) is 0.455. The van der Waals surface area contributed by atoms with Crippen LogP contribution in [0.1, 0.15) is 12.1 Å². The van der Waals surface area contributed by atoms with Gasteiger partial charge in [0, 0.05) is 31.9 Å². The number of hydrogen-bond acceptors (Lipinski definition) is 3. The first kappa shape index (κ1) is 11.7. The Morgan fingerprint density at radius 2 is 2.53 bits per heavy atom. The van der Waals surface area contributed by atoms with Crippen molar-refractivity contribution in [2.45, 2.75) is 12.8 Å².